The molecule has 0 spiro atoms. The molecule has 1 aliphatic carbocycles. The van der Waals surface area contributed by atoms with Crippen molar-refractivity contribution in [2.75, 3.05) is 20.1 Å². The summed E-state index contributed by atoms with van der Waals surface area (Å²) >= 11 is 0. The topological polar surface area (TPSA) is 41.1 Å². The SMILES string of the molecule is CNCCc1ccccc1C(=O)NCCC1CCCCC1. The van der Waals surface area contributed by atoms with Crippen LogP contribution in [0.25, 0.3) is 0 Å². The number of benzene rings is 1. The third-order valence-electron chi connectivity index (χ3n) is 4.47. The van der Waals surface area contributed by atoms with Gasteiger partial charge in [0, 0.05) is 12.1 Å². The molecule has 2 N–H and O–H groups in total. The fourth-order valence-electron chi connectivity index (χ4n) is 3.18. The molecule has 1 saturated carbocycles. The first-order valence-corrected chi connectivity index (χ1v) is 8.32. The van der Waals surface area contributed by atoms with E-state index in [-0.39, 0.29) is 5.91 Å². The minimum atomic E-state index is 0.0810. The van der Waals surface area contributed by atoms with Crippen molar-refractivity contribution in [3.8, 4) is 0 Å². The summed E-state index contributed by atoms with van der Waals surface area (Å²) in [6, 6.07) is 7.93. The minimum absolute atomic E-state index is 0.0810. The zero-order valence-electron chi connectivity index (χ0n) is 13.2. The van der Waals surface area contributed by atoms with E-state index in [0.717, 1.165) is 43.0 Å². The molecular weight excluding hydrogens is 260 g/mol. The van der Waals surface area contributed by atoms with E-state index in [1.807, 2.05) is 31.3 Å². The largest absolute Gasteiger partial charge is 0.352 e. The van der Waals surface area contributed by atoms with Gasteiger partial charge in [-0.1, -0.05) is 50.3 Å². The molecule has 3 nitrogen and oxygen atoms in total. The van der Waals surface area contributed by atoms with Gasteiger partial charge in [-0.05, 0) is 44.0 Å². The summed E-state index contributed by atoms with van der Waals surface area (Å²) in [5, 5.41) is 6.24. The molecule has 1 aromatic carbocycles. The van der Waals surface area contributed by atoms with Gasteiger partial charge in [-0.15, -0.1) is 0 Å². The van der Waals surface area contributed by atoms with Gasteiger partial charge in [-0.2, -0.15) is 0 Å². The van der Waals surface area contributed by atoms with Crippen molar-refractivity contribution < 1.29 is 4.79 Å². The van der Waals surface area contributed by atoms with Gasteiger partial charge in [-0.3, -0.25) is 4.79 Å². The molecule has 0 unspecified atom stereocenters. The minimum Gasteiger partial charge on any atom is -0.352 e. The van der Waals surface area contributed by atoms with Crippen LogP contribution in [0, 0.1) is 5.92 Å². The highest BCUT2D eigenvalue weighted by atomic mass is 16.1. The van der Waals surface area contributed by atoms with Gasteiger partial charge in [0.1, 0.15) is 0 Å². The van der Waals surface area contributed by atoms with E-state index in [4.69, 9.17) is 0 Å². The average Bonchev–Trinajstić information content (AvgIpc) is 2.54. The molecule has 1 aliphatic rings. The second-order valence-corrected chi connectivity index (χ2v) is 6.06. The lowest BCUT2D eigenvalue weighted by Crippen LogP contribution is -2.27. The molecule has 0 aliphatic heterocycles. The third kappa shape index (κ3) is 5.16. The normalized spacial score (nSPS) is 15.9. The van der Waals surface area contributed by atoms with Crippen LogP contribution in [0.4, 0.5) is 0 Å². The van der Waals surface area contributed by atoms with Crippen LogP contribution < -0.4 is 10.6 Å². The monoisotopic (exact) mass is 288 g/mol. The molecule has 21 heavy (non-hydrogen) atoms. The van der Waals surface area contributed by atoms with Crippen molar-refractivity contribution in [1.29, 1.82) is 0 Å². The number of hydrogen-bond acceptors (Lipinski definition) is 2. The van der Waals surface area contributed by atoms with E-state index in [9.17, 15) is 4.79 Å². The smallest absolute Gasteiger partial charge is 0.251 e. The number of carbonyl (C=O) groups excluding carboxylic acids is 1. The highest BCUT2D eigenvalue weighted by Gasteiger charge is 2.14. The maximum Gasteiger partial charge on any atom is 0.251 e. The summed E-state index contributed by atoms with van der Waals surface area (Å²) in [5.74, 6) is 0.899. The summed E-state index contributed by atoms with van der Waals surface area (Å²) < 4.78 is 0. The van der Waals surface area contributed by atoms with Gasteiger partial charge in [0.25, 0.3) is 5.91 Å². The molecule has 0 radical (unpaired) electrons. The Morgan fingerprint density at radius 3 is 2.67 bits per heavy atom. The summed E-state index contributed by atoms with van der Waals surface area (Å²) in [5.41, 5.74) is 1.96. The number of rotatable bonds is 7. The van der Waals surface area contributed by atoms with Crippen molar-refractivity contribution in [2.45, 2.75) is 44.9 Å². The molecule has 0 aromatic heterocycles. The van der Waals surface area contributed by atoms with E-state index in [2.05, 4.69) is 10.6 Å². The zero-order chi connectivity index (χ0) is 14.9. The van der Waals surface area contributed by atoms with Crippen molar-refractivity contribution >= 4 is 5.91 Å². The Kier molecular flexibility index (Phi) is 6.74. The van der Waals surface area contributed by atoms with Gasteiger partial charge >= 0.3 is 0 Å². The predicted molar refractivity (Wildman–Crippen MR) is 87.6 cm³/mol. The summed E-state index contributed by atoms with van der Waals surface area (Å²) in [6.07, 6.45) is 8.83. The van der Waals surface area contributed by atoms with Crippen LogP contribution in [-0.4, -0.2) is 26.0 Å². The van der Waals surface area contributed by atoms with Gasteiger partial charge in [0.2, 0.25) is 0 Å². The summed E-state index contributed by atoms with van der Waals surface area (Å²) in [6.45, 7) is 1.70. The average molecular weight is 288 g/mol. The Labute approximate surface area is 128 Å². The zero-order valence-corrected chi connectivity index (χ0v) is 13.2. The third-order valence-corrected chi connectivity index (χ3v) is 4.47. The number of carbonyl (C=O) groups is 1. The van der Waals surface area contributed by atoms with Gasteiger partial charge in [0.05, 0.1) is 0 Å². The van der Waals surface area contributed by atoms with E-state index >= 15 is 0 Å². The van der Waals surface area contributed by atoms with Crippen LogP contribution in [0.5, 0.6) is 0 Å². The van der Waals surface area contributed by atoms with Gasteiger partial charge in [0.15, 0.2) is 0 Å². The first-order valence-electron chi connectivity index (χ1n) is 8.32. The van der Waals surface area contributed by atoms with Crippen LogP contribution in [0.2, 0.25) is 0 Å². The molecule has 2 rings (SSSR count). The fraction of sp³-hybridized carbons (Fsp3) is 0.611. The quantitative estimate of drug-likeness (QED) is 0.809. The molecule has 0 heterocycles. The Morgan fingerprint density at radius 2 is 1.90 bits per heavy atom. The molecule has 116 valence electrons. The van der Waals surface area contributed by atoms with Gasteiger partial charge < -0.3 is 10.6 Å². The number of amides is 1. The predicted octanol–water partition coefficient (Wildman–Crippen LogP) is 3.15. The van der Waals surface area contributed by atoms with Crippen molar-refractivity contribution in [2.24, 2.45) is 5.92 Å². The highest BCUT2D eigenvalue weighted by molar-refractivity contribution is 5.95. The molecule has 0 atom stereocenters. The van der Waals surface area contributed by atoms with E-state index in [1.165, 1.54) is 32.1 Å². The lowest BCUT2D eigenvalue weighted by Gasteiger charge is -2.21. The van der Waals surface area contributed by atoms with Crippen LogP contribution in [0.15, 0.2) is 24.3 Å². The standard InChI is InChI=1S/C18H28N2O/c1-19-13-12-16-9-5-6-10-17(16)18(21)20-14-11-15-7-3-2-4-8-15/h5-6,9-10,15,19H,2-4,7-8,11-14H2,1H3,(H,20,21). The molecule has 1 amide bonds. The number of hydrogen-bond donors (Lipinski definition) is 2. The van der Waals surface area contributed by atoms with E-state index in [0.29, 0.717) is 0 Å². The molecule has 3 heteroatoms. The van der Waals surface area contributed by atoms with Crippen molar-refractivity contribution in [1.82, 2.24) is 10.6 Å². The highest BCUT2D eigenvalue weighted by Crippen LogP contribution is 2.25. The van der Waals surface area contributed by atoms with E-state index < -0.39 is 0 Å². The maximum atomic E-state index is 12.3. The second-order valence-electron chi connectivity index (χ2n) is 6.06. The molecular formula is C18H28N2O. The lowest BCUT2D eigenvalue weighted by molar-refractivity contribution is 0.0949. The maximum absolute atomic E-state index is 12.3. The van der Waals surface area contributed by atoms with Crippen LogP contribution >= 0.6 is 0 Å². The van der Waals surface area contributed by atoms with Gasteiger partial charge in [-0.25, -0.2) is 0 Å². The Morgan fingerprint density at radius 1 is 1.14 bits per heavy atom. The molecule has 0 bridgehead atoms. The first kappa shape index (κ1) is 16.0. The molecule has 1 fully saturated rings. The Hall–Kier alpha value is -1.35. The number of nitrogens with one attached hydrogen (secondary N) is 2. The fourth-order valence-corrected chi connectivity index (χ4v) is 3.18. The first-order chi connectivity index (χ1) is 10.3. The Balaban J connectivity index is 1.82. The van der Waals surface area contributed by atoms with Crippen molar-refractivity contribution in [3.05, 3.63) is 35.4 Å². The number of likely N-dealkylation sites (N-methyl/N-ethyl adjacent to an activating group) is 1. The van der Waals surface area contributed by atoms with E-state index in [1.54, 1.807) is 0 Å². The molecule has 1 aromatic rings. The second kappa shape index (κ2) is 8.83. The lowest BCUT2D eigenvalue weighted by atomic mass is 9.87. The van der Waals surface area contributed by atoms with Crippen LogP contribution in [0.1, 0.15) is 54.4 Å². The summed E-state index contributed by atoms with van der Waals surface area (Å²) in [7, 11) is 1.94. The Bertz CT molecular complexity index is 439. The van der Waals surface area contributed by atoms with Crippen molar-refractivity contribution in [3.63, 3.8) is 0 Å². The van der Waals surface area contributed by atoms with Crippen LogP contribution in [0.3, 0.4) is 0 Å². The molecule has 0 saturated heterocycles. The van der Waals surface area contributed by atoms with Crippen LogP contribution in [-0.2, 0) is 6.42 Å². The summed E-state index contributed by atoms with van der Waals surface area (Å²) in [4.78, 5) is 12.3.